The van der Waals surface area contributed by atoms with Gasteiger partial charge in [0.25, 0.3) is 0 Å². The van der Waals surface area contributed by atoms with E-state index < -0.39 is 11.8 Å². The van der Waals surface area contributed by atoms with Crippen molar-refractivity contribution in [1.82, 2.24) is 0 Å². The number of hydrogen-bond acceptors (Lipinski definition) is 2. The van der Waals surface area contributed by atoms with E-state index in [1.807, 2.05) is 0 Å². The van der Waals surface area contributed by atoms with Crippen molar-refractivity contribution < 1.29 is 9.59 Å². The van der Waals surface area contributed by atoms with Crippen molar-refractivity contribution in [1.29, 1.82) is 0 Å². The maximum absolute atomic E-state index is 9.82. The molecule has 0 radical (unpaired) electrons. The Hall–Kier alpha value is -1.84. The first-order chi connectivity index (χ1) is 6.29. The van der Waals surface area contributed by atoms with Crippen LogP contribution in [0.4, 0.5) is 0 Å². The second kappa shape index (κ2) is 11.2. The van der Waals surface area contributed by atoms with Gasteiger partial charge in [-0.25, -0.2) is 0 Å². The summed E-state index contributed by atoms with van der Waals surface area (Å²) >= 11 is 0. The van der Waals surface area contributed by atoms with Crippen LogP contribution in [0.25, 0.3) is 0 Å². The number of hydrogen-bond donors (Lipinski definition) is 2. The summed E-state index contributed by atoms with van der Waals surface area (Å²) in [4.78, 5) is 19.6. The highest BCUT2D eigenvalue weighted by Gasteiger charge is 1.87. The summed E-state index contributed by atoms with van der Waals surface area (Å²) in [5, 5.41) is 0. The van der Waals surface area contributed by atoms with Crippen LogP contribution >= 0.6 is 0 Å². The molecule has 0 atom stereocenters. The zero-order valence-corrected chi connectivity index (χ0v) is 8.80. The van der Waals surface area contributed by atoms with Crippen LogP contribution in [0.2, 0.25) is 0 Å². The lowest BCUT2D eigenvalue weighted by molar-refractivity contribution is -0.115. The predicted octanol–water partition coefficient (Wildman–Crippen LogP) is 0.898. The SMILES string of the molecule is C=C.C=C(C)C(N)=O.C=C(C)C(N)=O. The van der Waals surface area contributed by atoms with Crippen molar-refractivity contribution in [3.8, 4) is 0 Å². The monoisotopic (exact) mass is 198 g/mol. The third-order valence-corrected chi connectivity index (χ3v) is 0.841. The van der Waals surface area contributed by atoms with Crippen LogP contribution in [-0.2, 0) is 9.59 Å². The van der Waals surface area contributed by atoms with E-state index in [4.69, 9.17) is 11.5 Å². The Labute approximate surface area is 85.0 Å². The first-order valence-corrected chi connectivity index (χ1v) is 3.69. The van der Waals surface area contributed by atoms with Crippen LogP contribution < -0.4 is 11.5 Å². The van der Waals surface area contributed by atoms with Crippen molar-refractivity contribution in [3.63, 3.8) is 0 Å². The van der Waals surface area contributed by atoms with Gasteiger partial charge >= 0.3 is 0 Å². The fourth-order valence-electron chi connectivity index (χ4n) is 0. The fraction of sp³-hybridized carbons (Fsp3) is 0.200. The molecule has 2 amide bonds. The van der Waals surface area contributed by atoms with Gasteiger partial charge in [-0.05, 0) is 13.8 Å². The Kier molecular flexibility index (Phi) is 14.4. The van der Waals surface area contributed by atoms with Gasteiger partial charge in [0, 0.05) is 11.1 Å². The molecular formula is C10H18N2O2. The highest BCUT2D eigenvalue weighted by Crippen LogP contribution is 1.78. The van der Waals surface area contributed by atoms with E-state index in [0.717, 1.165) is 0 Å². The first kappa shape index (κ1) is 18.0. The van der Waals surface area contributed by atoms with Gasteiger partial charge in [0.15, 0.2) is 0 Å². The molecule has 0 spiro atoms. The van der Waals surface area contributed by atoms with Crippen molar-refractivity contribution in [2.24, 2.45) is 11.5 Å². The topological polar surface area (TPSA) is 86.2 Å². The van der Waals surface area contributed by atoms with E-state index in [2.05, 4.69) is 26.3 Å². The molecule has 0 saturated heterocycles. The lowest BCUT2D eigenvalue weighted by Gasteiger charge is -1.81. The lowest BCUT2D eigenvalue weighted by Crippen LogP contribution is -2.10. The second-order valence-electron chi connectivity index (χ2n) is 2.29. The lowest BCUT2D eigenvalue weighted by atomic mass is 10.3. The van der Waals surface area contributed by atoms with E-state index in [1.54, 1.807) is 13.8 Å². The van der Waals surface area contributed by atoms with Crippen LogP contribution in [0.15, 0.2) is 37.5 Å². The first-order valence-electron chi connectivity index (χ1n) is 3.69. The molecule has 4 N–H and O–H groups in total. The fourth-order valence-corrected chi connectivity index (χ4v) is 0. The zero-order chi connectivity index (χ0) is 12.3. The van der Waals surface area contributed by atoms with E-state index >= 15 is 0 Å². The molecule has 0 bridgehead atoms. The highest BCUT2D eigenvalue weighted by atomic mass is 16.1. The van der Waals surface area contributed by atoms with Crippen molar-refractivity contribution in [2.75, 3.05) is 0 Å². The van der Waals surface area contributed by atoms with Crippen molar-refractivity contribution >= 4 is 11.8 Å². The quantitative estimate of drug-likeness (QED) is 0.510. The average Bonchev–Trinajstić information content (AvgIpc) is 2.08. The molecular weight excluding hydrogens is 180 g/mol. The number of primary amides is 2. The van der Waals surface area contributed by atoms with Gasteiger partial charge in [-0.15, -0.1) is 13.2 Å². The molecule has 0 aromatic carbocycles. The minimum atomic E-state index is -0.435. The summed E-state index contributed by atoms with van der Waals surface area (Å²) in [5.74, 6) is -0.870. The number of carbonyl (C=O) groups excluding carboxylic acids is 2. The van der Waals surface area contributed by atoms with Gasteiger partial charge in [0.1, 0.15) is 0 Å². The second-order valence-corrected chi connectivity index (χ2v) is 2.29. The molecule has 0 heterocycles. The molecule has 0 aliphatic rings. The normalized spacial score (nSPS) is 6.71. The molecule has 0 aliphatic carbocycles. The zero-order valence-electron chi connectivity index (χ0n) is 8.80. The molecule has 14 heavy (non-hydrogen) atoms. The van der Waals surface area contributed by atoms with Gasteiger partial charge < -0.3 is 11.5 Å². The Morgan fingerprint density at radius 3 is 0.929 bits per heavy atom. The highest BCUT2D eigenvalue weighted by molar-refractivity contribution is 5.90. The van der Waals surface area contributed by atoms with Gasteiger partial charge in [-0.1, -0.05) is 13.2 Å². The molecule has 0 unspecified atom stereocenters. The molecule has 4 heteroatoms. The summed E-state index contributed by atoms with van der Waals surface area (Å²) in [7, 11) is 0. The number of amides is 2. The molecule has 0 saturated carbocycles. The minimum Gasteiger partial charge on any atom is -0.366 e. The number of carbonyl (C=O) groups is 2. The van der Waals surface area contributed by atoms with Crippen LogP contribution in [-0.4, -0.2) is 11.8 Å². The Morgan fingerprint density at radius 1 is 0.857 bits per heavy atom. The summed E-state index contributed by atoms with van der Waals surface area (Å²) in [6, 6.07) is 0. The summed E-state index contributed by atoms with van der Waals surface area (Å²) < 4.78 is 0. The summed E-state index contributed by atoms with van der Waals surface area (Å²) in [6.45, 7) is 15.7. The van der Waals surface area contributed by atoms with Crippen LogP contribution in [0, 0.1) is 0 Å². The Bertz CT molecular complexity index is 184. The van der Waals surface area contributed by atoms with Crippen molar-refractivity contribution in [3.05, 3.63) is 37.5 Å². The molecule has 0 fully saturated rings. The standard InChI is InChI=1S/2C4H7NO.C2H4/c2*1-3(2)4(5)6;1-2/h2*1H2,2H3,(H2,5,6);1-2H2. The number of nitrogens with two attached hydrogens (primary N) is 2. The molecule has 0 rings (SSSR count). The Morgan fingerprint density at radius 2 is 0.929 bits per heavy atom. The van der Waals surface area contributed by atoms with Crippen LogP contribution in [0.1, 0.15) is 13.8 Å². The van der Waals surface area contributed by atoms with Crippen molar-refractivity contribution in [2.45, 2.75) is 13.8 Å². The van der Waals surface area contributed by atoms with E-state index in [1.165, 1.54) is 0 Å². The molecule has 80 valence electrons. The number of rotatable bonds is 2. The van der Waals surface area contributed by atoms with Gasteiger partial charge in [-0.3, -0.25) is 9.59 Å². The van der Waals surface area contributed by atoms with Gasteiger partial charge in [0.2, 0.25) is 11.8 Å². The Balaban J connectivity index is -0.000000147. The van der Waals surface area contributed by atoms with Crippen LogP contribution in [0.3, 0.4) is 0 Å². The summed E-state index contributed by atoms with van der Waals surface area (Å²) in [6.07, 6.45) is 0. The summed E-state index contributed by atoms with van der Waals surface area (Å²) in [5.41, 5.74) is 10.2. The predicted molar refractivity (Wildman–Crippen MR) is 59.3 cm³/mol. The smallest absolute Gasteiger partial charge is 0.243 e. The molecule has 0 aliphatic heterocycles. The minimum absolute atomic E-state index is 0.398. The molecule has 4 nitrogen and oxygen atoms in total. The molecule has 0 aromatic rings. The van der Waals surface area contributed by atoms with Gasteiger partial charge in [0.05, 0.1) is 0 Å². The molecule has 0 aromatic heterocycles. The van der Waals surface area contributed by atoms with E-state index in [0.29, 0.717) is 11.1 Å². The average molecular weight is 198 g/mol. The van der Waals surface area contributed by atoms with E-state index in [9.17, 15) is 9.59 Å². The van der Waals surface area contributed by atoms with Crippen LogP contribution in [0.5, 0.6) is 0 Å². The largest absolute Gasteiger partial charge is 0.366 e. The van der Waals surface area contributed by atoms with Gasteiger partial charge in [-0.2, -0.15) is 0 Å². The maximum Gasteiger partial charge on any atom is 0.243 e. The third-order valence-electron chi connectivity index (χ3n) is 0.841. The third kappa shape index (κ3) is 22.5. The van der Waals surface area contributed by atoms with E-state index in [-0.39, 0.29) is 0 Å². The maximum atomic E-state index is 9.82.